The van der Waals surface area contributed by atoms with Crippen LogP contribution < -0.4 is 15.0 Å². The maximum atomic E-state index is 12.6. The number of anilines is 2. The fourth-order valence-corrected chi connectivity index (χ4v) is 3.71. The first kappa shape index (κ1) is 21.5. The van der Waals surface area contributed by atoms with Gasteiger partial charge in [0.05, 0.1) is 7.11 Å². The molecule has 1 aliphatic rings. The van der Waals surface area contributed by atoms with Gasteiger partial charge in [-0.2, -0.15) is 0 Å². The number of likely N-dealkylation sites (N-methyl/N-ethyl adjacent to an activating group) is 1. The first-order chi connectivity index (χ1) is 15.5. The lowest BCUT2D eigenvalue weighted by molar-refractivity contribution is 0.0996. The van der Waals surface area contributed by atoms with Gasteiger partial charge in [-0.3, -0.25) is 4.79 Å². The van der Waals surface area contributed by atoms with E-state index >= 15 is 0 Å². The topological polar surface area (TPSA) is 58.0 Å². The number of benzene rings is 2. The fraction of sp³-hybridized carbons (Fsp3) is 0.269. The summed E-state index contributed by atoms with van der Waals surface area (Å²) in [5, 5.41) is 2.88. The number of nitrogens with one attached hydrogen (secondary N) is 1. The van der Waals surface area contributed by atoms with Crippen LogP contribution in [0.4, 0.5) is 11.4 Å². The van der Waals surface area contributed by atoms with Gasteiger partial charge in [0.25, 0.3) is 5.91 Å². The number of nitrogens with zero attached hydrogens (tertiary/aromatic N) is 2. The van der Waals surface area contributed by atoms with Crippen molar-refractivity contribution in [2.45, 2.75) is 12.5 Å². The maximum absolute atomic E-state index is 12.6. The van der Waals surface area contributed by atoms with Crippen LogP contribution in [-0.2, 0) is 0 Å². The Labute approximate surface area is 188 Å². The number of ether oxygens (including phenoxy) is 1. The fourth-order valence-electron chi connectivity index (χ4n) is 3.71. The highest BCUT2D eigenvalue weighted by atomic mass is 16.5. The zero-order valence-corrected chi connectivity index (χ0v) is 18.6. The zero-order valence-electron chi connectivity index (χ0n) is 18.6. The summed E-state index contributed by atoms with van der Waals surface area (Å²) in [6.07, 6.45) is 1.16. The Bertz CT molecular complexity index is 1140. The molecular formula is C26H27N3O3. The van der Waals surface area contributed by atoms with Crippen LogP contribution in [0.3, 0.4) is 0 Å². The van der Waals surface area contributed by atoms with Crippen molar-refractivity contribution in [2.24, 2.45) is 0 Å². The monoisotopic (exact) mass is 429 g/mol. The minimum atomic E-state index is -0.305. The second kappa shape index (κ2) is 9.63. The Morgan fingerprint density at radius 1 is 1.12 bits per heavy atom. The van der Waals surface area contributed by atoms with E-state index in [1.54, 1.807) is 19.2 Å². The molecule has 0 spiro atoms. The Morgan fingerprint density at radius 2 is 1.94 bits per heavy atom. The third kappa shape index (κ3) is 5.13. The van der Waals surface area contributed by atoms with Crippen molar-refractivity contribution < 1.29 is 13.9 Å². The molecule has 1 aromatic heterocycles. The summed E-state index contributed by atoms with van der Waals surface area (Å²) in [5.41, 5.74) is 2.70. The zero-order chi connectivity index (χ0) is 22.5. The van der Waals surface area contributed by atoms with E-state index in [9.17, 15) is 4.79 Å². The van der Waals surface area contributed by atoms with Gasteiger partial charge in [-0.15, -0.1) is 0 Å². The second-order valence-electron chi connectivity index (χ2n) is 8.00. The van der Waals surface area contributed by atoms with E-state index in [1.165, 1.54) is 5.69 Å². The molecule has 3 aromatic rings. The standard InChI is InChI=1S/C26H27N3O3/c1-28(2)22-15-16-29(18-22)21-10-8-20(9-11-21)27-26(30)25-14-13-23(32-25)12-7-19-5-4-6-24(17-19)31-3/h4-6,8-11,13-14,17,22H,15-16,18H2,1-3H3,(H,27,30). The van der Waals surface area contributed by atoms with Crippen molar-refractivity contribution in [3.63, 3.8) is 0 Å². The molecule has 2 aromatic carbocycles. The van der Waals surface area contributed by atoms with Gasteiger partial charge in [0.1, 0.15) is 5.75 Å². The van der Waals surface area contributed by atoms with Gasteiger partial charge in [-0.1, -0.05) is 12.0 Å². The minimum absolute atomic E-state index is 0.220. The SMILES string of the molecule is COc1cccc(C#Cc2ccc(C(=O)Nc3ccc(N4CCC(N(C)C)C4)cc3)o2)c1. The Hall–Kier alpha value is -3.69. The van der Waals surface area contributed by atoms with E-state index in [-0.39, 0.29) is 11.7 Å². The number of methoxy groups -OCH3 is 1. The molecule has 6 heteroatoms. The van der Waals surface area contributed by atoms with Crippen LogP contribution in [0.5, 0.6) is 5.75 Å². The van der Waals surface area contributed by atoms with E-state index < -0.39 is 0 Å². The van der Waals surface area contributed by atoms with E-state index in [1.807, 2.05) is 48.5 Å². The van der Waals surface area contributed by atoms with E-state index in [4.69, 9.17) is 9.15 Å². The molecule has 6 nitrogen and oxygen atoms in total. The Morgan fingerprint density at radius 3 is 2.66 bits per heavy atom. The summed E-state index contributed by atoms with van der Waals surface area (Å²) >= 11 is 0. The van der Waals surface area contributed by atoms with Gasteiger partial charge in [0.2, 0.25) is 0 Å². The van der Waals surface area contributed by atoms with Crippen LogP contribution in [0.15, 0.2) is 65.1 Å². The van der Waals surface area contributed by atoms with Gasteiger partial charge < -0.3 is 24.3 Å². The molecule has 1 N–H and O–H groups in total. The number of rotatable bonds is 5. The first-order valence-electron chi connectivity index (χ1n) is 10.6. The summed E-state index contributed by atoms with van der Waals surface area (Å²) in [6, 6.07) is 19.3. The average molecular weight is 430 g/mol. The average Bonchev–Trinajstić information content (AvgIpc) is 3.49. The third-order valence-corrected chi connectivity index (χ3v) is 5.61. The maximum Gasteiger partial charge on any atom is 0.291 e. The van der Waals surface area contributed by atoms with E-state index in [0.717, 1.165) is 36.5 Å². The molecule has 1 aliphatic heterocycles. The van der Waals surface area contributed by atoms with Gasteiger partial charge in [-0.25, -0.2) is 0 Å². The van der Waals surface area contributed by atoms with Crippen LogP contribution in [0.25, 0.3) is 0 Å². The predicted octanol–water partition coefficient (Wildman–Crippen LogP) is 4.08. The Balaban J connectivity index is 1.37. The first-order valence-corrected chi connectivity index (χ1v) is 10.6. The molecule has 4 rings (SSSR count). The van der Waals surface area contributed by atoms with Gasteiger partial charge >= 0.3 is 0 Å². The highest BCUT2D eigenvalue weighted by molar-refractivity contribution is 6.02. The van der Waals surface area contributed by atoms with Crippen molar-refractivity contribution in [3.05, 3.63) is 77.7 Å². The summed E-state index contributed by atoms with van der Waals surface area (Å²) in [6.45, 7) is 2.06. The molecule has 0 saturated carbocycles. The second-order valence-corrected chi connectivity index (χ2v) is 8.00. The van der Waals surface area contributed by atoms with Gasteiger partial charge in [0.15, 0.2) is 11.5 Å². The summed E-state index contributed by atoms with van der Waals surface area (Å²) in [7, 11) is 5.86. The molecule has 164 valence electrons. The molecule has 1 fully saturated rings. The number of amides is 1. The molecule has 1 unspecified atom stereocenters. The van der Waals surface area contributed by atoms with Crippen LogP contribution in [0.2, 0.25) is 0 Å². The van der Waals surface area contributed by atoms with Crippen LogP contribution >= 0.6 is 0 Å². The van der Waals surface area contributed by atoms with Crippen molar-refractivity contribution in [2.75, 3.05) is 44.5 Å². The summed E-state index contributed by atoms with van der Waals surface area (Å²) in [4.78, 5) is 17.2. The number of hydrogen-bond donors (Lipinski definition) is 1. The lowest BCUT2D eigenvalue weighted by Crippen LogP contribution is -2.31. The molecule has 1 atom stereocenters. The quantitative estimate of drug-likeness (QED) is 0.620. The predicted molar refractivity (Wildman–Crippen MR) is 126 cm³/mol. The third-order valence-electron chi connectivity index (χ3n) is 5.61. The van der Waals surface area contributed by atoms with Crippen LogP contribution in [0, 0.1) is 11.8 Å². The summed E-state index contributed by atoms with van der Waals surface area (Å²) in [5.74, 6) is 7.04. The van der Waals surface area contributed by atoms with Crippen molar-refractivity contribution in [1.82, 2.24) is 4.90 Å². The van der Waals surface area contributed by atoms with Gasteiger partial charge in [0, 0.05) is 36.1 Å². The number of hydrogen-bond acceptors (Lipinski definition) is 5. The van der Waals surface area contributed by atoms with E-state index in [0.29, 0.717) is 11.8 Å². The van der Waals surface area contributed by atoms with E-state index in [2.05, 4.69) is 41.1 Å². The van der Waals surface area contributed by atoms with Crippen molar-refractivity contribution in [3.8, 4) is 17.6 Å². The molecule has 32 heavy (non-hydrogen) atoms. The number of carbonyl (C=O) groups excluding carboxylic acids is 1. The minimum Gasteiger partial charge on any atom is -0.497 e. The molecule has 0 radical (unpaired) electrons. The molecule has 1 amide bonds. The van der Waals surface area contributed by atoms with Crippen LogP contribution in [-0.4, -0.2) is 51.1 Å². The van der Waals surface area contributed by atoms with Gasteiger partial charge in [-0.05, 0) is 81.0 Å². The number of furan rings is 1. The van der Waals surface area contributed by atoms with Crippen LogP contribution in [0.1, 0.15) is 28.3 Å². The molecule has 1 saturated heterocycles. The highest BCUT2D eigenvalue weighted by Crippen LogP contribution is 2.24. The molecule has 0 aliphatic carbocycles. The number of carbonyl (C=O) groups is 1. The highest BCUT2D eigenvalue weighted by Gasteiger charge is 2.24. The van der Waals surface area contributed by atoms with Crippen molar-refractivity contribution >= 4 is 17.3 Å². The lowest BCUT2D eigenvalue weighted by Gasteiger charge is -2.22. The van der Waals surface area contributed by atoms with Crippen molar-refractivity contribution in [1.29, 1.82) is 0 Å². The normalized spacial score (nSPS) is 15.4. The summed E-state index contributed by atoms with van der Waals surface area (Å²) < 4.78 is 10.8. The molecular weight excluding hydrogens is 402 g/mol. The molecule has 2 heterocycles. The smallest absolute Gasteiger partial charge is 0.291 e. The molecule has 0 bridgehead atoms. The lowest BCUT2D eigenvalue weighted by atomic mass is 10.2. The Kier molecular flexibility index (Phi) is 6.48. The largest absolute Gasteiger partial charge is 0.497 e.